The van der Waals surface area contributed by atoms with Crippen molar-refractivity contribution in [3.8, 4) is 0 Å². The lowest BCUT2D eigenvalue weighted by Crippen LogP contribution is -2.39. The Labute approximate surface area is 191 Å². The van der Waals surface area contributed by atoms with Crippen LogP contribution >= 0.6 is 23.2 Å². The number of benzene rings is 3. The quantitative estimate of drug-likeness (QED) is 0.540. The Bertz CT molecular complexity index is 1310. The highest BCUT2D eigenvalue weighted by molar-refractivity contribution is 7.97. The Morgan fingerprint density at radius 2 is 1.65 bits per heavy atom. The van der Waals surface area contributed by atoms with Crippen molar-refractivity contribution in [3.05, 3.63) is 98.9 Å². The number of anilines is 2. The van der Waals surface area contributed by atoms with Crippen molar-refractivity contribution < 1.29 is 13.2 Å². The molecule has 1 aliphatic heterocycles. The average molecular weight is 473 g/mol. The molecular formula is C23H18Cl2N2O3S. The molecule has 5 nitrogen and oxygen atoms in total. The van der Waals surface area contributed by atoms with Crippen LogP contribution in [0.1, 0.15) is 18.1 Å². The van der Waals surface area contributed by atoms with Gasteiger partial charge in [-0.1, -0.05) is 65.7 Å². The van der Waals surface area contributed by atoms with Crippen LogP contribution in [0.25, 0.3) is 5.57 Å². The summed E-state index contributed by atoms with van der Waals surface area (Å²) in [5.41, 5.74) is 2.26. The molecule has 0 aromatic heterocycles. The molecule has 0 fully saturated rings. The number of amides is 1. The standard InChI is InChI=1S/C23H18Cl2N2O3S/c1-2-27-20-13-12-16(24)14-17(20)21(15-8-4-3-5-9-15)22(31(27,29)30)23(28)26-19-11-7-6-10-18(19)25/h3-14H,2H2,1H3,(H,26,28). The Hall–Kier alpha value is -2.80. The zero-order valence-corrected chi connectivity index (χ0v) is 18.8. The lowest BCUT2D eigenvalue weighted by Gasteiger charge is -2.33. The van der Waals surface area contributed by atoms with Crippen molar-refractivity contribution in [2.45, 2.75) is 6.92 Å². The van der Waals surface area contributed by atoms with Crippen LogP contribution in [-0.2, 0) is 14.8 Å². The Kier molecular flexibility index (Phi) is 5.79. The summed E-state index contributed by atoms with van der Waals surface area (Å²) in [6.45, 7) is 1.87. The van der Waals surface area contributed by atoms with Gasteiger partial charge in [-0.15, -0.1) is 0 Å². The molecule has 0 aliphatic carbocycles. The summed E-state index contributed by atoms with van der Waals surface area (Å²) in [4.78, 5) is 13.1. The van der Waals surface area contributed by atoms with Crippen LogP contribution in [0, 0.1) is 0 Å². The van der Waals surface area contributed by atoms with E-state index < -0.39 is 15.9 Å². The number of nitrogens with one attached hydrogen (secondary N) is 1. The van der Waals surface area contributed by atoms with Crippen molar-refractivity contribution in [2.75, 3.05) is 16.2 Å². The summed E-state index contributed by atoms with van der Waals surface area (Å²) in [5, 5.41) is 3.40. The number of carbonyl (C=O) groups excluding carboxylic acids is 1. The van der Waals surface area contributed by atoms with E-state index in [0.29, 0.717) is 38.1 Å². The molecule has 1 N–H and O–H groups in total. The normalized spacial score (nSPS) is 14.9. The van der Waals surface area contributed by atoms with Crippen LogP contribution in [0.3, 0.4) is 0 Å². The Balaban J connectivity index is 2.02. The third-order valence-electron chi connectivity index (χ3n) is 4.95. The van der Waals surface area contributed by atoms with E-state index in [4.69, 9.17) is 23.2 Å². The van der Waals surface area contributed by atoms with Gasteiger partial charge in [0.15, 0.2) is 4.91 Å². The molecule has 8 heteroatoms. The fourth-order valence-corrected chi connectivity index (χ4v) is 5.73. The number of rotatable bonds is 4. The van der Waals surface area contributed by atoms with Crippen molar-refractivity contribution >= 4 is 56.1 Å². The van der Waals surface area contributed by atoms with Gasteiger partial charge in [0.25, 0.3) is 15.9 Å². The van der Waals surface area contributed by atoms with Crippen LogP contribution in [0.2, 0.25) is 10.0 Å². The fraction of sp³-hybridized carbons (Fsp3) is 0.0870. The molecule has 4 rings (SSSR count). The molecule has 3 aromatic rings. The molecule has 0 atom stereocenters. The maximum Gasteiger partial charge on any atom is 0.270 e. The van der Waals surface area contributed by atoms with E-state index >= 15 is 0 Å². The molecule has 0 saturated carbocycles. The smallest absolute Gasteiger partial charge is 0.270 e. The summed E-state index contributed by atoms with van der Waals surface area (Å²) in [6.07, 6.45) is 0. The summed E-state index contributed by atoms with van der Waals surface area (Å²) in [6, 6.07) is 20.6. The fourth-order valence-electron chi connectivity index (χ4n) is 3.62. The van der Waals surface area contributed by atoms with Crippen molar-refractivity contribution in [3.63, 3.8) is 0 Å². The summed E-state index contributed by atoms with van der Waals surface area (Å²) in [5.74, 6) is -0.768. The molecule has 3 aromatic carbocycles. The van der Waals surface area contributed by atoms with Crippen LogP contribution < -0.4 is 9.62 Å². The topological polar surface area (TPSA) is 66.5 Å². The highest BCUT2D eigenvalue weighted by Gasteiger charge is 2.41. The molecule has 1 aliphatic rings. The minimum Gasteiger partial charge on any atom is -0.320 e. The van der Waals surface area contributed by atoms with Crippen molar-refractivity contribution in [1.29, 1.82) is 0 Å². The molecule has 1 amide bonds. The largest absolute Gasteiger partial charge is 0.320 e. The van der Waals surface area contributed by atoms with Crippen molar-refractivity contribution in [2.24, 2.45) is 0 Å². The van der Waals surface area contributed by atoms with Crippen LogP contribution in [0.5, 0.6) is 0 Å². The van der Waals surface area contributed by atoms with E-state index in [1.54, 1.807) is 73.7 Å². The summed E-state index contributed by atoms with van der Waals surface area (Å²) < 4.78 is 28.5. The zero-order chi connectivity index (χ0) is 22.2. The number of para-hydroxylation sites is 1. The van der Waals surface area contributed by atoms with Crippen LogP contribution in [0.15, 0.2) is 77.7 Å². The first kappa shape index (κ1) is 21.4. The molecule has 0 saturated heterocycles. The number of hydrogen-bond acceptors (Lipinski definition) is 3. The molecule has 1 heterocycles. The van der Waals surface area contributed by atoms with Gasteiger partial charge < -0.3 is 5.32 Å². The number of carbonyl (C=O) groups is 1. The highest BCUT2D eigenvalue weighted by Crippen LogP contribution is 2.44. The van der Waals surface area contributed by atoms with Crippen LogP contribution in [0.4, 0.5) is 11.4 Å². The number of hydrogen-bond donors (Lipinski definition) is 1. The van der Waals surface area contributed by atoms with Crippen LogP contribution in [-0.4, -0.2) is 20.9 Å². The first-order chi connectivity index (χ1) is 14.8. The van der Waals surface area contributed by atoms with E-state index in [0.717, 1.165) is 0 Å². The number of sulfonamides is 1. The maximum absolute atomic E-state index is 13.6. The maximum atomic E-state index is 13.6. The predicted octanol–water partition coefficient (Wildman–Crippen LogP) is 5.56. The third kappa shape index (κ3) is 3.82. The zero-order valence-electron chi connectivity index (χ0n) is 16.5. The summed E-state index contributed by atoms with van der Waals surface area (Å²) >= 11 is 12.4. The molecular weight excluding hydrogens is 455 g/mol. The van der Waals surface area contributed by atoms with Gasteiger partial charge in [-0.2, -0.15) is 0 Å². The first-order valence-corrected chi connectivity index (χ1v) is 11.7. The van der Waals surface area contributed by atoms with E-state index in [1.807, 2.05) is 6.07 Å². The second-order valence-corrected chi connectivity index (χ2v) is 9.48. The minimum absolute atomic E-state index is 0.155. The van der Waals surface area contributed by atoms with Gasteiger partial charge in [0, 0.05) is 22.7 Å². The van der Waals surface area contributed by atoms with Gasteiger partial charge in [-0.25, -0.2) is 8.42 Å². The SMILES string of the molecule is CCN1c2ccc(Cl)cc2C(c2ccccc2)=C(C(=O)Nc2ccccc2Cl)S1(=O)=O. The monoisotopic (exact) mass is 472 g/mol. The first-order valence-electron chi connectivity index (χ1n) is 9.53. The van der Waals surface area contributed by atoms with Crippen molar-refractivity contribution in [1.82, 2.24) is 0 Å². The van der Waals surface area contributed by atoms with Gasteiger partial charge in [-0.05, 0) is 42.8 Å². The van der Waals surface area contributed by atoms with E-state index in [9.17, 15) is 13.2 Å². The molecule has 0 spiro atoms. The van der Waals surface area contributed by atoms with Gasteiger partial charge in [-0.3, -0.25) is 9.10 Å². The lowest BCUT2D eigenvalue weighted by molar-refractivity contribution is -0.112. The average Bonchev–Trinajstić information content (AvgIpc) is 2.75. The Morgan fingerprint density at radius 3 is 2.32 bits per heavy atom. The van der Waals surface area contributed by atoms with E-state index in [2.05, 4.69) is 5.32 Å². The summed E-state index contributed by atoms with van der Waals surface area (Å²) in [7, 11) is -4.16. The van der Waals surface area contributed by atoms with Gasteiger partial charge in [0.05, 0.1) is 16.4 Å². The Morgan fingerprint density at radius 1 is 0.968 bits per heavy atom. The molecule has 0 radical (unpaired) electrons. The predicted molar refractivity (Wildman–Crippen MR) is 126 cm³/mol. The van der Waals surface area contributed by atoms with Gasteiger partial charge in [0.1, 0.15) is 0 Å². The minimum atomic E-state index is -4.16. The molecule has 158 valence electrons. The molecule has 31 heavy (non-hydrogen) atoms. The third-order valence-corrected chi connectivity index (χ3v) is 7.46. The highest BCUT2D eigenvalue weighted by atomic mass is 35.5. The lowest BCUT2D eigenvalue weighted by atomic mass is 9.95. The van der Waals surface area contributed by atoms with E-state index in [1.165, 1.54) is 4.31 Å². The second kappa shape index (κ2) is 8.38. The second-order valence-electron chi connectivity index (χ2n) is 6.84. The molecule has 0 bridgehead atoms. The number of fused-ring (bicyclic) bond motifs is 1. The van der Waals surface area contributed by atoms with Gasteiger partial charge in [0.2, 0.25) is 0 Å². The van der Waals surface area contributed by atoms with Gasteiger partial charge >= 0.3 is 0 Å². The van der Waals surface area contributed by atoms with E-state index in [-0.39, 0.29) is 11.4 Å². The number of nitrogens with zero attached hydrogens (tertiary/aromatic N) is 1. The molecule has 0 unspecified atom stereocenters. The number of halogens is 2.